The SMILES string of the molecule is C=C/C=C\C(=C/C)OCCNCCN(CCC)CCCn1cc(C(=O)NCc2ccc(O)c(O)c2)c(=C/C)/c1=C(\CC)OC(C)C.CC. The summed E-state index contributed by atoms with van der Waals surface area (Å²) in [5.41, 5.74) is 1.27. The first-order valence-corrected chi connectivity index (χ1v) is 17.5. The molecule has 0 aliphatic rings. The molecule has 268 valence electrons. The maximum atomic E-state index is 13.5. The molecule has 2 rings (SSSR count). The Balaban J connectivity index is 0.00000565. The number of aromatic hydroxyl groups is 2. The summed E-state index contributed by atoms with van der Waals surface area (Å²) in [6, 6.07) is 4.54. The monoisotopic (exact) mass is 666 g/mol. The van der Waals surface area contributed by atoms with Crippen molar-refractivity contribution in [2.45, 2.75) is 93.8 Å². The van der Waals surface area contributed by atoms with Crippen LogP contribution in [-0.2, 0) is 22.6 Å². The van der Waals surface area contributed by atoms with Gasteiger partial charge in [0.2, 0.25) is 0 Å². The lowest BCUT2D eigenvalue weighted by Crippen LogP contribution is -2.37. The highest BCUT2D eigenvalue weighted by Gasteiger charge is 2.17. The Labute approximate surface area is 289 Å². The van der Waals surface area contributed by atoms with Crippen LogP contribution in [0.4, 0.5) is 0 Å². The third-order valence-corrected chi connectivity index (χ3v) is 7.35. The molecular weight excluding hydrogens is 604 g/mol. The molecule has 48 heavy (non-hydrogen) atoms. The third-order valence-electron chi connectivity index (χ3n) is 7.35. The number of aromatic nitrogens is 1. The van der Waals surface area contributed by atoms with Gasteiger partial charge in [0.15, 0.2) is 11.5 Å². The van der Waals surface area contributed by atoms with Crippen LogP contribution >= 0.6 is 0 Å². The summed E-state index contributed by atoms with van der Waals surface area (Å²) in [5.74, 6) is 1.09. The lowest BCUT2D eigenvalue weighted by Gasteiger charge is -2.22. The van der Waals surface area contributed by atoms with Crippen molar-refractivity contribution in [3.8, 4) is 11.5 Å². The summed E-state index contributed by atoms with van der Waals surface area (Å²) in [5, 5.41) is 27.7. The predicted molar refractivity (Wildman–Crippen MR) is 199 cm³/mol. The third kappa shape index (κ3) is 14.4. The number of allylic oxidation sites excluding steroid dienone is 4. The molecule has 9 nitrogen and oxygen atoms in total. The molecule has 1 heterocycles. The van der Waals surface area contributed by atoms with E-state index in [1.54, 1.807) is 12.1 Å². The van der Waals surface area contributed by atoms with Gasteiger partial charge in [-0.3, -0.25) is 4.79 Å². The van der Waals surface area contributed by atoms with E-state index >= 15 is 0 Å². The van der Waals surface area contributed by atoms with Crippen molar-refractivity contribution in [1.29, 1.82) is 0 Å². The van der Waals surface area contributed by atoms with Crippen LogP contribution < -0.4 is 21.2 Å². The molecule has 0 aliphatic carbocycles. The zero-order valence-corrected chi connectivity index (χ0v) is 30.8. The minimum atomic E-state index is -0.215. The Morgan fingerprint density at radius 1 is 1.08 bits per heavy atom. The average molecular weight is 667 g/mol. The quantitative estimate of drug-likeness (QED) is 0.0564. The lowest BCUT2D eigenvalue weighted by molar-refractivity contribution is 0.0950. The standard InChI is InChI=1S/C37H56N4O5.C2H6/c1-8-13-15-30(10-3)45-24-19-38-18-23-40(20-9-2)21-14-22-41-27-32(31(11-4)36(41)35(12-5)46-28(6)7)37(44)39-26-29-16-17-33(42)34(43)25-29;1-2/h8,10-11,13,15-17,25,27-28,38,42-43H,1,9,12,14,18-24,26H2,2-7H3,(H,39,44);1-2H3/b15-13-,30-10+,31-11-,36-35-;. The zero-order chi connectivity index (χ0) is 35.9. The summed E-state index contributed by atoms with van der Waals surface area (Å²) < 4.78 is 14.2. The molecule has 9 heteroatoms. The van der Waals surface area contributed by atoms with Crippen LogP contribution in [-0.4, -0.2) is 71.0 Å². The lowest BCUT2D eigenvalue weighted by atomic mass is 10.2. The smallest absolute Gasteiger partial charge is 0.253 e. The van der Waals surface area contributed by atoms with Gasteiger partial charge in [-0.25, -0.2) is 0 Å². The maximum absolute atomic E-state index is 13.5. The van der Waals surface area contributed by atoms with Crippen molar-refractivity contribution in [2.75, 3.05) is 39.3 Å². The summed E-state index contributed by atoms with van der Waals surface area (Å²) >= 11 is 0. The number of aryl methyl sites for hydroxylation is 1. The van der Waals surface area contributed by atoms with Gasteiger partial charge in [0.25, 0.3) is 5.91 Å². The molecule has 1 aromatic carbocycles. The van der Waals surface area contributed by atoms with Crippen molar-refractivity contribution in [2.24, 2.45) is 0 Å². The van der Waals surface area contributed by atoms with Gasteiger partial charge < -0.3 is 39.8 Å². The summed E-state index contributed by atoms with van der Waals surface area (Å²) in [6.07, 6.45) is 14.1. The number of phenols is 2. The molecule has 0 spiro atoms. The molecule has 0 unspecified atom stereocenters. The second-order valence-electron chi connectivity index (χ2n) is 11.3. The van der Waals surface area contributed by atoms with Crippen LogP contribution in [0.2, 0.25) is 0 Å². The minimum absolute atomic E-state index is 0.00796. The fraction of sp³-hybridized carbons (Fsp3) is 0.513. The Morgan fingerprint density at radius 2 is 1.83 bits per heavy atom. The average Bonchev–Trinajstić information content (AvgIpc) is 3.45. The van der Waals surface area contributed by atoms with E-state index < -0.39 is 0 Å². The molecule has 2 aromatic rings. The molecule has 0 atom stereocenters. The number of rotatable bonds is 21. The number of nitrogens with one attached hydrogen (secondary N) is 2. The van der Waals surface area contributed by atoms with E-state index in [1.165, 1.54) is 12.1 Å². The highest BCUT2D eigenvalue weighted by molar-refractivity contribution is 5.94. The molecule has 1 amide bonds. The molecule has 0 radical (unpaired) electrons. The normalized spacial score (nSPS) is 12.7. The molecule has 0 fully saturated rings. The van der Waals surface area contributed by atoms with Crippen LogP contribution in [0.1, 0.15) is 90.6 Å². The van der Waals surface area contributed by atoms with E-state index in [0.717, 1.165) is 74.2 Å². The number of carbonyl (C=O) groups is 1. The van der Waals surface area contributed by atoms with Crippen LogP contribution in [0.3, 0.4) is 0 Å². The van der Waals surface area contributed by atoms with E-state index in [-0.39, 0.29) is 30.1 Å². The zero-order valence-electron chi connectivity index (χ0n) is 30.8. The van der Waals surface area contributed by atoms with Crippen molar-refractivity contribution in [3.63, 3.8) is 0 Å². The number of hydrogen-bond acceptors (Lipinski definition) is 7. The summed E-state index contributed by atoms with van der Waals surface area (Å²) in [7, 11) is 0. The number of benzene rings is 1. The Bertz CT molecular complexity index is 1420. The Hall–Kier alpha value is -3.95. The number of amides is 1. The molecular formula is C39H62N4O5. The van der Waals surface area contributed by atoms with Gasteiger partial charge in [-0.05, 0) is 83.5 Å². The second kappa shape index (κ2) is 24.2. The highest BCUT2D eigenvalue weighted by atomic mass is 16.5. The minimum Gasteiger partial charge on any atom is -0.504 e. The van der Waals surface area contributed by atoms with Gasteiger partial charge >= 0.3 is 0 Å². The number of carbonyl (C=O) groups excluding carboxylic acids is 1. The number of hydrogen-bond donors (Lipinski definition) is 4. The Morgan fingerprint density at radius 3 is 2.44 bits per heavy atom. The van der Waals surface area contributed by atoms with Gasteiger partial charge in [-0.15, -0.1) is 0 Å². The number of phenolic OH excluding ortho intramolecular Hbond substituents is 2. The topological polar surface area (TPSA) is 108 Å². The van der Waals surface area contributed by atoms with E-state index in [0.29, 0.717) is 24.2 Å². The molecule has 0 aliphatic heterocycles. The summed E-state index contributed by atoms with van der Waals surface area (Å²) in [6.45, 7) is 26.0. The molecule has 4 N–H and O–H groups in total. The van der Waals surface area contributed by atoms with Gasteiger partial charge in [-0.1, -0.05) is 58.6 Å². The van der Waals surface area contributed by atoms with Crippen molar-refractivity contribution in [3.05, 3.63) is 82.7 Å². The second-order valence-corrected chi connectivity index (χ2v) is 11.3. The van der Waals surface area contributed by atoms with E-state index in [4.69, 9.17) is 9.47 Å². The van der Waals surface area contributed by atoms with Crippen LogP contribution in [0, 0.1) is 0 Å². The van der Waals surface area contributed by atoms with E-state index in [2.05, 4.69) is 40.5 Å². The highest BCUT2D eigenvalue weighted by Crippen LogP contribution is 2.24. The first kappa shape index (κ1) is 42.1. The first-order chi connectivity index (χ1) is 23.2. The largest absolute Gasteiger partial charge is 0.504 e. The van der Waals surface area contributed by atoms with Crippen LogP contribution in [0.25, 0.3) is 11.8 Å². The molecule has 1 aromatic heterocycles. The van der Waals surface area contributed by atoms with Crippen LogP contribution in [0.5, 0.6) is 11.5 Å². The number of nitrogens with zero attached hydrogens (tertiary/aromatic N) is 2. The fourth-order valence-electron chi connectivity index (χ4n) is 5.19. The van der Waals surface area contributed by atoms with E-state index in [9.17, 15) is 15.0 Å². The van der Waals surface area contributed by atoms with Gasteiger partial charge in [0, 0.05) is 50.6 Å². The number of ether oxygens (including phenoxy) is 2. The van der Waals surface area contributed by atoms with Crippen LogP contribution in [0.15, 0.2) is 61.0 Å². The van der Waals surface area contributed by atoms with Crippen molar-refractivity contribution >= 4 is 17.7 Å². The molecule has 0 bridgehead atoms. The first-order valence-electron chi connectivity index (χ1n) is 17.5. The van der Waals surface area contributed by atoms with Gasteiger partial charge in [-0.2, -0.15) is 0 Å². The predicted octanol–water partition coefficient (Wildman–Crippen LogP) is 5.95. The van der Waals surface area contributed by atoms with Crippen molar-refractivity contribution in [1.82, 2.24) is 20.1 Å². The Kier molecular flexibility index (Phi) is 21.2. The van der Waals surface area contributed by atoms with Gasteiger partial charge in [0.1, 0.15) is 18.1 Å². The van der Waals surface area contributed by atoms with Gasteiger partial charge in [0.05, 0.1) is 17.0 Å². The maximum Gasteiger partial charge on any atom is 0.253 e. The summed E-state index contributed by atoms with van der Waals surface area (Å²) in [4.78, 5) is 15.9. The fourth-order valence-corrected chi connectivity index (χ4v) is 5.19. The van der Waals surface area contributed by atoms with Crippen molar-refractivity contribution < 1.29 is 24.5 Å². The molecule has 0 saturated heterocycles. The van der Waals surface area contributed by atoms with E-state index in [1.807, 2.05) is 72.0 Å². The molecule has 0 saturated carbocycles.